The normalized spacial score (nSPS) is 9.96. The number of aryl methyl sites for hydroxylation is 2. The molecule has 0 heterocycles. The summed E-state index contributed by atoms with van der Waals surface area (Å²) in [7, 11) is 0. The highest BCUT2D eigenvalue weighted by molar-refractivity contribution is 5.92. The molecule has 0 fully saturated rings. The van der Waals surface area contributed by atoms with Crippen LogP contribution in [0.4, 0.5) is 5.69 Å². The fourth-order valence-corrected chi connectivity index (χ4v) is 2.41. The van der Waals surface area contributed by atoms with E-state index in [0.29, 0.717) is 0 Å². The molecule has 0 aromatic heterocycles. The molecule has 0 aliphatic carbocycles. The summed E-state index contributed by atoms with van der Waals surface area (Å²) in [5.74, 6) is 0.625. The number of nitrogens with one attached hydrogen (secondary N) is 2. The first kappa shape index (κ1) is 20.0. The molecule has 0 spiro atoms. The standard InChI is InChI=1S/C19H24N2O2.ClH/c1-4-20-12-16-10-5-6-11-17(16)21-18(22)13-23-19-14(2)8-7-9-15(19)3;/h5-11,20H,4,12-13H2,1-3H3,(H,21,22);1H. The van der Waals surface area contributed by atoms with Gasteiger partial charge in [-0.2, -0.15) is 0 Å². The van der Waals surface area contributed by atoms with Crippen molar-refractivity contribution < 1.29 is 9.53 Å². The van der Waals surface area contributed by atoms with Crippen LogP contribution in [-0.2, 0) is 11.3 Å². The second kappa shape index (κ2) is 9.96. The Hall–Kier alpha value is -2.04. The third-order valence-corrected chi connectivity index (χ3v) is 3.61. The van der Waals surface area contributed by atoms with Crippen LogP contribution in [0.2, 0.25) is 0 Å². The first-order valence-electron chi connectivity index (χ1n) is 7.89. The van der Waals surface area contributed by atoms with Crippen LogP contribution in [0.1, 0.15) is 23.6 Å². The summed E-state index contributed by atoms with van der Waals surface area (Å²) in [4.78, 5) is 12.2. The molecule has 4 nitrogen and oxygen atoms in total. The Balaban J connectivity index is 0.00000288. The number of carbonyl (C=O) groups is 1. The van der Waals surface area contributed by atoms with Gasteiger partial charge in [-0.1, -0.05) is 43.3 Å². The molecule has 0 saturated carbocycles. The van der Waals surface area contributed by atoms with Crippen molar-refractivity contribution in [3.05, 3.63) is 59.2 Å². The van der Waals surface area contributed by atoms with Crippen LogP contribution in [0.25, 0.3) is 0 Å². The van der Waals surface area contributed by atoms with Gasteiger partial charge in [0.1, 0.15) is 5.75 Å². The average Bonchev–Trinajstić information content (AvgIpc) is 2.53. The van der Waals surface area contributed by atoms with Crippen molar-refractivity contribution in [2.75, 3.05) is 18.5 Å². The van der Waals surface area contributed by atoms with Crippen LogP contribution in [0.3, 0.4) is 0 Å². The van der Waals surface area contributed by atoms with Crippen LogP contribution < -0.4 is 15.4 Å². The van der Waals surface area contributed by atoms with Gasteiger partial charge in [0.2, 0.25) is 0 Å². The summed E-state index contributed by atoms with van der Waals surface area (Å²) in [6.45, 7) is 7.63. The Bertz CT molecular complexity index is 654. The minimum atomic E-state index is -0.156. The molecule has 0 unspecified atom stereocenters. The molecule has 0 aliphatic rings. The van der Waals surface area contributed by atoms with E-state index < -0.39 is 0 Å². The number of carbonyl (C=O) groups excluding carboxylic acids is 1. The van der Waals surface area contributed by atoms with E-state index in [0.717, 1.165) is 41.2 Å². The molecular formula is C19H25ClN2O2. The number of halogens is 1. The van der Waals surface area contributed by atoms with Crippen LogP contribution in [0, 0.1) is 13.8 Å². The average molecular weight is 349 g/mol. The maximum absolute atomic E-state index is 12.2. The molecule has 0 saturated heterocycles. The van der Waals surface area contributed by atoms with Gasteiger partial charge in [-0.25, -0.2) is 0 Å². The van der Waals surface area contributed by atoms with Crippen LogP contribution in [-0.4, -0.2) is 19.1 Å². The molecule has 0 aliphatic heterocycles. The monoisotopic (exact) mass is 348 g/mol. The maximum atomic E-state index is 12.2. The summed E-state index contributed by atoms with van der Waals surface area (Å²) in [5, 5.41) is 6.19. The van der Waals surface area contributed by atoms with Crippen LogP contribution >= 0.6 is 12.4 Å². The lowest BCUT2D eigenvalue weighted by Crippen LogP contribution is -2.22. The number of benzene rings is 2. The highest BCUT2D eigenvalue weighted by Crippen LogP contribution is 2.22. The minimum Gasteiger partial charge on any atom is -0.483 e. The van der Waals surface area contributed by atoms with E-state index in [1.807, 2.05) is 56.3 Å². The molecule has 2 N–H and O–H groups in total. The topological polar surface area (TPSA) is 50.4 Å². The summed E-state index contributed by atoms with van der Waals surface area (Å²) in [5.41, 5.74) is 3.95. The molecule has 2 aromatic carbocycles. The predicted molar refractivity (Wildman–Crippen MR) is 101 cm³/mol. The van der Waals surface area contributed by atoms with Gasteiger partial charge in [-0.3, -0.25) is 4.79 Å². The van der Waals surface area contributed by atoms with Crippen molar-refractivity contribution in [3.8, 4) is 5.75 Å². The summed E-state index contributed by atoms with van der Waals surface area (Å²) < 4.78 is 5.69. The number of amides is 1. The SMILES string of the molecule is CCNCc1ccccc1NC(=O)COc1c(C)cccc1C.Cl. The first-order valence-corrected chi connectivity index (χ1v) is 7.89. The zero-order chi connectivity index (χ0) is 16.7. The van der Waals surface area contributed by atoms with Gasteiger partial charge < -0.3 is 15.4 Å². The van der Waals surface area contributed by atoms with Gasteiger partial charge in [-0.05, 0) is 43.1 Å². The molecule has 5 heteroatoms. The van der Waals surface area contributed by atoms with E-state index in [9.17, 15) is 4.79 Å². The number of para-hydroxylation sites is 2. The molecule has 2 aromatic rings. The van der Waals surface area contributed by atoms with Gasteiger partial charge in [-0.15, -0.1) is 12.4 Å². The lowest BCUT2D eigenvalue weighted by atomic mass is 10.1. The Kier molecular flexibility index (Phi) is 8.30. The summed E-state index contributed by atoms with van der Waals surface area (Å²) in [6, 6.07) is 13.7. The lowest BCUT2D eigenvalue weighted by Gasteiger charge is -2.14. The highest BCUT2D eigenvalue weighted by Gasteiger charge is 2.09. The van der Waals surface area contributed by atoms with Gasteiger partial charge >= 0.3 is 0 Å². The molecule has 0 radical (unpaired) electrons. The van der Waals surface area contributed by atoms with Gasteiger partial charge in [0.05, 0.1) is 0 Å². The fourth-order valence-electron chi connectivity index (χ4n) is 2.41. The number of anilines is 1. The molecule has 24 heavy (non-hydrogen) atoms. The van der Waals surface area contributed by atoms with Crippen molar-refractivity contribution in [2.24, 2.45) is 0 Å². The van der Waals surface area contributed by atoms with Gasteiger partial charge in [0, 0.05) is 12.2 Å². The van der Waals surface area contributed by atoms with Crippen molar-refractivity contribution in [3.63, 3.8) is 0 Å². The fraction of sp³-hybridized carbons (Fsp3) is 0.316. The van der Waals surface area contributed by atoms with Gasteiger partial charge in [0.25, 0.3) is 5.91 Å². The summed E-state index contributed by atoms with van der Waals surface area (Å²) >= 11 is 0. The maximum Gasteiger partial charge on any atom is 0.262 e. The second-order valence-corrected chi connectivity index (χ2v) is 5.50. The lowest BCUT2D eigenvalue weighted by molar-refractivity contribution is -0.118. The van der Waals surface area contributed by atoms with E-state index in [4.69, 9.17) is 4.74 Å². The van der Waals surface area contributed by atoms with Crippen molar-refractivity contribution in [1.82, 2.24) is 5.32 Å². The van der Waals surface area contributed by atoms with E-state index in [1.54, 1.807) is 0 Å². The minimum absolute atomic E-state index is 0. The molecule has 0 bridgehead atoms. The van der Waals surface area contributed by atoms with E-state index in [-0.39, 0.29) is 24.9 Å². The number of ether oxygens (including phenoxy) is 1. The predicted octanol–water partition coefficient (Wildman–Crippen LogP) is 3.85. The molecule has 130 valence electrons. The number of hydrogen-bond acceptors (Lipinski definition) is 3. The second-order valence-electron chi connectivity index (χ2n) is 5.50. The number of rotatable bonds is 7. The molecule has 2 rings (SSSR count). The van der Waals surface area contributed by atoms with Crippen molar-refractivity contribution >= 4 is 24.0 Å². The largest absolute Gasteiger partial charge is 0.483 e. The first-order chi connectivity index (χ1) is 11.1. The quantitative estimate of drug-likeness (QED) is 0.799. The Morgan fingerprint density at radius 3 is 2.38 bits per heavy atom. The van der Waals surface area contributed by atoms with E-state index in [2.05, 4.69) is 17.6 Å². The molecular weight excluding hydrogens is 324 g/mol. The number of hydrogen-bond donors (Lipinski definition) is 2. The van der Waals surface area contributed by atoms with E-state index in [1.165, 1.54) is 0 Å². The zero-order valence-corrected chi connectivity index (χ0v) is 15.2. The van der Waals surface area contributed by atoms with Crippen molar-refractivity contribution in [2.45, 2.75) is 27.3 Å². The Labute approximate surface area is 150 Å². The molecule has 1 amide bonds. The van der Waals surface area contributed by atoms with Crippen LogP contribution in [0.15, 0.2) is 42.5 Å². The summed E-state index contributed by atoms with van der Waals surface area (Å²) in [6.07, 6.45) is 0. The third kappa shape index (κ3) is 5.55. The zero-order valence-electron chi connectivity index (χ0n) is 14.4. The third-order valence-electron chi connectivity index (χ3n) is 3.61. The van der Waals surface area contributed by atoms with E-state index >= 15 is 0 Å². The molecule has 0 atom stereocenters. The Morgan fingerprint density at radius 2 is 1.71 bits per heavy atom. The van der Waals surface area contributed by atoms with Crippen LogP contribution in [0.5, 0.6) is 5.75 Å². The Morgan fingerprint density at radius 1 is 1.04 bits per heavy atom. The smallest absolute Gasteiger partial charge is 0.262 e. The highest BCUT2D eigenvalue weighted by atomic mass is 35.5. The van der Waals surface area contributed by atoms with Gasteiger partial charge in [0.15, 0.2) is 6.61 Å². The van der Waals surface area contributed by atoms with Crippen molar-refractivity contribution in [1.29, 1.82) is 0 Å².